The molecule has 0 aliphatic carbocycles. The Bertz CT molecular complexity index is 1030. The van der Waals surface area contributed by atoms with E-state index in [0.717, 1.165) is 16.8 Å². The Morgan fingerprint density at radius 2 is 1.81 bits per heavy atom. The molecule has 2 aromatic heterocycles. The van der Waals surface area contributed by atoms with Gasteiger partial charge in [-0.15, -0.1) is 0 Å². The number of carbonyl (C=O) groups excluding carboxylic acids is 1. The fourth-order valence-electron chi connectivity index (χ4n) is 2.94. The largest absolute Gasteiger partial charge is 0.352 e. The van der Waals surface area contributed by atoms with Crippen molar-refractivity contribution in [1.82, 2.24) is 24.6 Å². The Morgan fingerprint density at radius 1 is 1.15 bits per heavy atom. The van der Waals surface area contributed by atoms with Crippen LogP contribution in [0.15, 0.2) is 35.5 Å². The van der Waals surface area contributed by atoms with Gasteiger partial charge in [0.25, 0.3) is 5.56 Å². The molecule has 0 aliphatic rings. The molecule has 142 valence electrons. The van der Waals surface area contributed by atoms with Gasteiger partial charge in [0.05, 0.1) is 11.9 Å². The highest BCUT2D eigenvalue weighted by molar-refractivity contribution is 5.78. The molecule has 0 fully saturated rings. The number of fused-ring (bicyclic) bond motifs is 1. The number of aromatic nitrogens is 4. The van der Waals surface area contributed by atoms with E-state index in [4.69, 9.17) is 0 Å². The average Bonchev–Trinajstić information content (AvgIpc) is 3.01. The quantitative estimate of drug-likeness (QED) is 0.750. The molecule has 2 heterocycles. The fourth-order valence-corrected chi connectivity index (χ4v) is 2.94. The molecule has 0 saturated heterocycles. The van der Waals surface area contributed by atoms with Crippen LogP contribution in [-0.4, -0.2) is 31.3 Å². The van der Waals surface area contributed by atoms with Gasteiger partial charge in [0.1, 0.15) is 18.3 Å². The normalized spacial score (nSPS) is 12.5. The van der Waals surface area contributed by atoms with Gasteiger partial charge in [0.15, 0.2) is 5.65 Å². The summed E-state index contributed by atoms with van der Waals surface area (Å²) in [7, 11) is 0. The first-order valence-corrected chi connectivity index (χ1v) is 9.07. The minimum atomic E-state index is -0.275. The van der Waals surface area contributed by atoms with Crippen molar-refractivity contribution in [1.29, 1.82) is 0 Å². The lowest BCUT2D eigenvalue weighted by atomic mass is 10.1. The molecule has 1 atom stereocenters. The molecule has 3 rings (SSSR count). The fraction of sp³-hybridized carbons (Fsp3) is 0.400. The molecule has 1 N–H and O–H groups in total. The minimum Gasteiger partial charge on any atom is -0.352 e. The summed E-state index contributed by atoms with van der Waals surface area (Å²) in [5.74, 6) is 0.114. The number of nitrogens with one attached hydrogen (secondary N) is 1. The second-order valence-electron chi connectivity index (χ2n) is 7.42. The number of carbonyl (C=O) groups is 1. The van der Waals surface area contributed by atoms with E-state index in [0.29, 0.717) is 17.0 Å². The number of rotatable bonds is 5. The molecule has 7 nitrogen and oxygen atoms in total. The van der Waals surface area contributed by atoms with Gasteiger partial charge in [0, 0.05) is 6.04 Å². The van der Waals surface area contributed by atoms with Crippen LogP contribution in [0.2, 0.25) is 0 Å². The van der Waals surface area contributed by atoms with Crippen molar-refractivity contribution in [3.05, 3.63) is 52.2 Å². The van der Waals surface area contributed by atoms with Crippen LogP contribution in [0.1, 0.15) is 31.9 Å². The molecule has 1 aromatic carbocycles. The highest BCUT2D eigenvalue weighted by Gasteiger charge is 2.15. The third-order valence-electron chi connectivity index (χ3n) is 4.71. The van der Waals surface area contributed by atoms with Crippen molar-refractivity contribution in [2.75, 3.05) is 0 Å². The maximum Gasteiger partial charge on any atom is 0.264 e. The second-order valence-corrected chi connectivity index (χ2v) is 7.42. The third kappa shape index (κ3) is 3.92. The zero-order chi connectivity index (χ0) is 19.7. The summed E-state index contributed by atoms with van der Waals surface area (Å²) in [6.07, 6.45) is 2.92. The average molecular weight is 367 g/mol. The van der Waals surface area contributed by atoms with Crippen LogP contribution in [-0.2, 0) is 11.3 Å². The van der Waals surface area contributed by atoms with E-state index < -0.39 is 0 Å². The van der Waals surface area contributed by atoms with Crippen LogP contribution in [0.5, 0.6) is 0 Å². The van der Waals surface area contributed by atoms with E-state index in [1.165, 1.54) is 17.1 Å². The highest BCUT2D eigenvalue weighted by Crippen LogP contribution is 2.17. The molecule has 0 aliphatic heterocycles. The lowest BCUT2D eigenvalue weighted by Crippen LogP contribution is -2.39. The molecule has 1 unspecified atom stereocenters. The summed E-state index contributed by atoms with van der Waals surface area (Å²) in [5, 5.41) is 7.63. The lowest BCUT2D eigenvalue weighted by molar-refractivity contribution is -0.122. The first-order chi connectivity index (χ1) is 12.8. The summed E-state index contributed by atoms with van der Waals surface area (Å²) in [4.78, 5) is 29.3. The van der Waals surface area contributed by atoms with Crippen LogP contribution in [0, 0.1) is 19.8 Å². The number of hydrogen-bond donors (Lipinski definition) is 1. The Kier molecular flexibility index (Phi) is 5.12. The highest BCUT2D eigenvalue weighted by atomic mass is 16.2. The number of benzene rings is 1. The number of hydrogen-bond acceptors (Lipinski definition) is 4. The number of amides is 1. The van der Waals surface area contributed by atoms with Crippen LogP contribution < -0.4 is 10.9 Å². The van der Waals surface area contributed by atoms with E-state index in [2.05, 4.69) is 21.5 Å². The maximum atomic E-state index is 12.8. The van der Waals surface area contributed by atoms with Gasteiger partial charge in [-0.3, -0.25) is 14.2 Å². The van der Waals surface area contributed by atoms with Crippen LogP contribution >= 0.6 is 0 Å². The monoisotopic (exact) mass is 367 g/mol. The topological polar surface area (TPSA) is 81.8 Å². The van der Waals surface area contributed by atoms with Crippen molar-refractivity contribution in [3.8, 4) is 5.69 Å². The minimum absolute atomic E-state index is 0.0391. The van der Waals surface area contributed by atoms with Gasteiger partial charge < -0.3 is 5.32 Å². The van der Waals surface area contributed by atoms with Crippen molar-refractivity contribution in [2.45, 2.75) is 47.2 Å². The van der Waals surface area contributed by atoms with Crippen molar-refractivity contribution >= 4 is 16.9 Å². The smallest absolute Gasteiger partial charge is 0.264 e. The summed E-state index contributed by atoms with van der Waals surface area (Å²) >= 11 is 0. The van der Waals surface area contributed by atoms with Crippen molar-refractivity contribution < 1.29 is 4.79 Å². The summed E-state index contributed by atoms with van der Waals surface area (Å²) in [6, 6.07) is 6.10. The molecule has 0 saturated carbocycles. The standard InChI is InChI=1S/C20H25N5O2/c1-12(2)15(5)23-18(26)10-24-11-21-19-17(20(24)27)9-22-25(19)16-7-13(3)6-14(4)8-16/h6-9,11-12,15H,10H2,1-5H3,(H,23,26). The maximum absolute atomic E-state index is 12.8. The SMILES string of the molecule is Cc1cc(C)cc(-n2ncc3c(=O)n(CC(=O)NC(C)C(C)C)cnc32)c1. The Hall–Kier alpha value is -2.96. The predicted octanol–water partition coefficient (Wildman–Crippen LogP) is 2.36. The molecule has 7 heteroatoms. The van der Waals surface area contributed by atoms with Gasteiger partial charge >= 0.3 is 0 Å². The van der Waals surface area contributed by atoms with E-state index in [1.54, 1.807) is 4.68 Å². The zero-order valence-electron chi connectivity index (χ0n) is 16.4. The first-order valence-electron chi connectivity index (χ1n) is 9.07. The third-order valence-corrected chi connectivity index (χ3v) is 4.71. The molecule has 0 spiro atoms. The zero-order valence-corrected chi connectivity index (χ0v) is 16.4. The molecule has 0 radical (unpaired) electrons. The van der Waals surface area contributed by atoms with Crippen molar-refractivity contribution in [3.63, 3.8) is 0 Å². The Labute approximate surface area is 158 Å². The first kappa shape index (κ1) is 18.8. The summed E-state index contributed by atoms with van der Waals surface area (Å²) in [5.41, 5.74) is 3.28. The van der Waals surface area contributed by atoms with Crippen LogP contribution in [0.3, 0.4) is 0 Å². The second kappa shape index (κ2) is 7.34. The van der Waals surface area contributed by atoms with E-state index >= 15 is 0 Å². The van der Waals surface area contributed by atoms with E-state index in [9.17, 15) is 9.59 Å². The molecule has 27 heavy (non-hydrogen) atoms. The molecule has 0 bridgehead atoms. The van der Waals surface area contributed by atoms with Crippen LogP contribution in [0.4, 0.5) is 0 Å². The van der Waals surface area contributed by atoms with Gasteiger partial charge in [-0.2, -0.15) is 5.10 Å². The number of aryl methyl sites for hydroxylation is 2. The van der Waals surface area contributed by atoms with E-state index in [-0.39, 0.29) is 24.1 Å². The lowest BCUT2D eigenvalue weighted by Gasteiger charge is -2.17. The van der Waals surface area contributed by atoms with Crippen LogP contribution in [0.25, 0.3) is 16.7 Å². The number of nitrogens with zero attached hydrogens (tertiary/aromatic N) is 4. The Balaban J connectivity index is 1.93. The summed E-state index contributed by atoms with van der Waals surface area (Å²) in [6.45, 7) is 9.98. The van der Waals surface area contributed by atoms with Gasteiger partial charge in [-0.05, 0) is 49.9 Å². The molecule has 1 amide bonds. The predicted molar refractivity (Wildman–Crippen MR) is 105 cm³/mol. The molecular weight excluding hydrogens is 342 g/mol. The van der Waals surface area contributed by atoms with Gasteiger partial charge in [-0.25, -0.2) is 9.67 Å². The van der Waals surface area contributed by atoms with Gasteiger partial charge in [-0.1, -0.05) is 19.9 Å². The van der Waals surface area contributed by atoms with Gasteiger partial charge in [0.2, 0.25) is 5.91 Å². The summed E-state index contributed by atoms with van der Waals surface area (Å²) < 4.78 is 2.97. The van der Waals surface area contributed by atoms with E-state index in [1.807, 2.05) is 46.8 Å². The molecular formula is C20H25N5O2. The molecule has 3 aromatic rings. The Morgan fingerprint density at radius 3 is 2.44 bits per heavy atom. The van der Waals surface area contributed by atoms with Crippen molar-refractivity contribution in [2.24, 2.45) is 5.92 Å².